The van der Waals surface area contributed by atoms with E-state index < -0.39 is 0 Å². The number of carbonyl (C=O) groups is 1. The molecule has 0 saturated carbocycles. The Morgan fingerprint density at radius 2 is 1.77 bits per heavy atom. The minimum Gasteiger partial charge on any atom is -0.321 e. The Hall–Kier alpha value is -4.03. The number of nitrogens with one attached hydrogen (secondary N) is 2. The van der Waals surface area contributed by atoms with E-state index in [9.17, 15) is 4.79 Å². The lowest BCUT2D eigenvalue weighted by Gasteiger charge is -2.10. The van der Waals surface area contributed by atoms with Crippen LogP contribution in [-0.4, -0.2) is 26.1 Å². The van der Waals surface area contributed by atoms with Crippen LogP contribution in [0.3, 0.4) is 0 Å². The van der Waals surface area contributed by atoms with E-state index in [-0.39, 0.29) is 11.6 Å². The lowest BCUT2D eigenvalue weighted by atomic mass is 10.0. The molecule has 3 aromatic heterocycles. The number of aromatic nitrogens is 4. The Bertz CT molecular complexity index is 1390. The van der Waals surface area contributed by atoms with Crippen LogP contribution in [0.4, 0.5) is 5.69 Å². The number of fused-ring (bicyclic) bond motifs is 1. The molecule has 2 aromatic carbocycles. The summed E-state index contributed by atoms with van der Waals surface area (Å²) in [6.45, 7) is 0. The number of nitrogens with zero attached hydrogens (tertiary/aromatic N) is 3. The van der Waals surface area contributed by atoms with Gasteiger partial charge in [-0.05, 0) is 47.9 Å². The van der Waals surface area contributed by atoms with Crippen molar-refractivity contribution in [3.05, 3.63) is 95.9 Å². The second kappa shape index (κ2) is 8.01. The molecule has 0 fully saturated rings. The first-order valence-electron chi connectivity index (χ1n) is 9.61. The van der Waals surface area contributed by atoms with Crippen molar-refractivity contribution in [2.24, 2.45) is 0 Å². The Morgan fingerprint density at radius 3 is 2.65 bits per heavy atom. The number of hydrogen-bond acceptors (Lipinski definition) is 4. The first-order valence-corrected chi connectivity index (χ1v) is 9.99. The van der Waals surface area contributed by atoms with Gasteiger partial charge in [0.15, 0.2) is 5.69 Å². The highest BCUT2D eigenvalue weighted by atomic mass is 35.5. The molecule has 0 saturated heterocycles. The standard InChI is InChI=1S/C24H16ClN5O/c25-19-9-8-16(13-18(19)23-17-6-2-1-5-15(17)10-12-27-23)28-24(31)22-14-21(29-30-22)20-7-3-4-11-26-20/h1-14H,(H,28,31)(H,29,30). The maximum Gasteiger partial charge on any atom is 0.276 e. The molecule has 0 bridgehead atoms. The molecule has 1 amide bonds. The number of carbonyl (C=O) groups excluding carboxylic acids is 1. The van der Waals surface area contributed by atoms with Crippen LogP contribution in [0.1, 0.15) is 10.5 Å². The summed E-state index contributed by atoms with van der Waals surface area (Å²) in [5.41, 5.74) is 3.75. The Balaban J connectivity index is 1.45. The zero-order valence-corrected chi connectivity index (χ0v) is 17.0. The first kappa shape index (κ1) is 19.0. The predicted octanol–water partition coefficient (Wildman–Crippen LogP) is 5.59. The third kappa shape index (κ3) is 3.76. The van der Waals surface area contributed by atoms with Gasteiger partial charge in [-0.15, -0.1) is 0 Å². The van der Waals surface area contributed by atoms with Crippen LogP contribution in [-0.2, 0) is 0 Å². The Labute approximate surface area is 183 Å². The maximum absolute atomic E-state index is 12.7. The Morgan fingerprint density at radius 1 is 0.903 bits per heavy atom. The number of pyridine rings is 2. The van der Waals surface area contributed by atoms with Gasteiger partial charge in [0.25, 0.3) is 5.91 Å². The molecule has 2 N–H and O–H groups in total. The molecule has 0 radical (unpaired) electrons. The van der Waals surface area contributed by atoms with Crippen molar-refractivity contribution in [2.45, 2.75) is 0 Å². The van der Waals surface area contributed by atoms with Crippen molar-refractivity contribution >= 4 is 34.0 Å². The van der Waals surface area contributed by atoms with Crippen molar-refractivity contribution in [1.29, 1.82) is 0 Å². The molecule has 0 atom stereocenters. The molecule has 5 aromatic rings. The highest BCUT2D eigenvalue weighted by molar-refractivity contribution is 6.33. The number of anilines is 1. The molecule has 0 aliphatic rings. The number of aromatic amines is 1. The van der Waals surface area contributed by atoms with Crippen molar-refractivity contribution in [3.63, 3.8) is 0 Å². The van der Waals surface area contributed by atoms with Gasteiger partial charge in [-0.2, -0.15) is 5.10 Å². The summed E-state index contributed by atoms with van der Waals surface area (Å²) in [6.07, 6.45) is 3.44. The van der Waals surface area contributed by atoms with Crippen molar-refractivity contribution in [3.8, 4) is 22.6 Å². The van der Waals surface area contributed by atoms with Crippen LogP contribution in [0.25, 0.3) is 33.4 Å². The summed E-state index contributed by atoms with van der Waals surface area (Å²) in [4.78, 5) is 21.5. The number of benzene rings is 2. The largest absolute Gasteiger partial charge is 0.321 e. The molecule has 3 heterocycles. The van der Waals surface area contributed by atoms with Crippen LogP contribution in [0, 0.1) is 0 Å². The molecular formula is C24H16ClN5O. The Kier molecular flexibility index (Phi) is 4.90. The summed E-state index contributed by atoms with van der Waals surface area (Å²) in [7, 11) is 0. The quantitative estimate of drug-likeness (QED) is 0.393. The van der Waals surface area contributed by atoms with Gasteiger partial charge in [0.05, 0.1) is 22.1 Å². The summed E-state index contributed by atoms with van der Waals surface area (Å²) >= 11 is 6.48. The molecule has 31 heavy (non-hydrogen) atoms. The smallest absolute Gasteiger partial charge is 0.276 e. The minimum atomic E-state index is -0.336. The second-order valence-corrected chi connectivity index (χ2v) is 7.32. The maximum atomic E-state index is 12.7. The minimum absolute atomic E-state index is 0.264. The average molecular weight is 426 g/mol. The molecular weight excluding hydrogens is 410 g/mol. The molecule has 150 valence electrons. The van der Waals surface area contributed by atoms with E-state index in [1.54, 1.807) is 30.6 Å². The van der Waals surface area contributed by atoms with Crippen LogP contribution < -0.4 is 5.32 Å². The first-order chi connectivity index (χ1) is 15.2. The number of halogens is 1. The van der Waals surface area contributed by atoms with Gasteiger partial charge in [-0.3, -0.25) is 19.9 Å². The fourth-order valence-electron chi connectivity index (χ4n) is 3.41. The fourth-order valence-corrected chi connectivity index (χ4v) is 3.61. The van der Waals surface area contributed by atoms with E-state index in [0.717, 1.165) is 22.0 Å². The molecule has 0 aliphatic heterocycles. The van der Waals surface area contributed by atoms with Gasteiger partial charge in [0.2, 0.25) is 0 Å². The fraction of sp³-hybridized carbons (Fsp3) is 0. The number of rotatable bonds is 4. The monoisotopic (exact) mass is 425 g/mol. The predicted molar refractivity (Wildman–Crippen MR) is 122 cm³/mol. The molecule has 0 spiro atoms. The van der Waals surface area contributed by atoms with E-state index in [1.807, 2.05) is 54.6 Å². The van der Waals surface area contributed by atoms with Crippen LogP contribution >= 0.6 is 11.6 Å². The van der Waals surface area contributed by atoms with Gasteiger partial charge in [0, 0.05) is 29.0 Å². The van der Waals surface area contributed by atoms with Crippen molar-refractivity contribution < 1.29 is 4.79 Å². The zero-order chi connectivity index (χ0) is 21.2. The van der Waals surface area contributed by atoms with E-state index in [0.29, 0.717) is 22.1 Å². The summed E-state index contributed by atoms with van der Waals surface area (Å²) < 4.78 is 0. The highest BCUT2D eigenvalue weighted by Crippen LogP contribution is 2.33. The molecule has 5 rings (SSSR count). The summed E-state index contributed by atoms with van der Waals surface area (Å²) in [6, 6.07) is 22.5. The van der Waals surface area contributed by atoms with E-state index in [4.69, 9.17) is 11.6 Å². The van der Waals surface area contributed by atoms with Gasteiger partial charge in [0.1, 0.15) is 0 Å². The van der Waals surface area contributed by atoms with Gasteiger partial charge < -0.3 is 5.32 Å². The zero-order valence-electron chi connectivity index (χ0n) is 16.2. The third-order valence-corrected chi connectivity index (χ3v) is 5.23. The van der Waals surface area contributed by atoms with E-state index in [1.165, 1.54) is 0 Å². The summed E-state index contributed by atoms with van der Waals surface area (Å²) in [5.74, 6) is -0.336. The van der Waals surface area contributed by atoms with E-state index in [2.05, 4.69) is 25.5 Å². The van der Waals surface area contributed by atoms with E-state index >= 15 is 0 Å². The molecule has 6 nitrogen and oxygen atoms in total. The average Bonchev–Trinajstić information content (AvgIpc) is 3.31. The van der Waals surface area contributed by atoms with Gasteiger partial charge in [-0.25, -0.2) is 0 Å². The van der Waals surface area contributed by atoms with Crippen LogP contribution in [0.2, 0.25) is 5.02 Å². The van der Waals surface area contributed by atoms with Crippen LogP contribution in [0.15, 0.2) is 85.2 Å². The molecule has 0 aliphatic carbocycles. The number of H-pyrrole nitrogens is 1. The molecule has 0 unspecified atom stereocenters. The van der Waals surface area contributed by atoms with Crippen molar-refractivity contribution in [2.75, 3.05) is 5.32 Å². The number of amides is 1. The SMILES string of the molecule is O=C(Nc1ccc(Cl)c(-c2nccc3ccccc23)c1)c1cc(-c2ccccn2)[nH]n1. The van der Waals surface area contributed by atoms with Crippen LogP contribution in [0.5, 0.6) is 0 Å². The normalized spacial score (nSPS) is 10.9. The molecule has 7 heteroatoms. The lowest BCUT2D eigenvalue weighted by Crippen LogP contribution is -2.12. The summed E-state index contributed by atoms with van der Waals surface area (Å²) in [5, 5.41) is 12.5. The second-order valence-electron chi connectivity index (χ2n) is 6.91. The van der Waals surface area contributed by atoms with Gasteiger partial charge >= 0.3 is 0 Å². The van der Waals surface area contributed by atoms with Gasteiger partial charge in [-0.1, -0.05) is 41.9 Å². The third-order valence-electron chi connectivity index (χ3n) is 4.90. The number of hydrogen-bond donors (Lipinski definition) is 2. The highest BCUT2D eigenvalue weighted by Gasteiger charge is 2.15. The topological polar surface area (TPSA) is 83.6 Å². The lowest BCUT2D eigenvalue weighted by molar-refractivity contribution is 0.102. The van der Waals surface area contributed by atoms with Crippen molar-refractivity contribution in [1.82, 2.24) is 20.2 Å².